The summed E-state index contributed by atoms with van der Waals surface area (Å²) in [5.74, 6) is 1.44. The van der Waals surface area contributed by atoms with E-state index >= 15 is 0 Å². The molecule has 140 valence electrons. The quantitative estimate of drug-likeness (QED) is 0.776. The predicted molar refractivity (Wildman–Crippen MR) is 91.1 cm³/mol. The summed E-state index contributed by atoms with van der Waals surface area (Å²) in [4.78, 5) is 18.5. The van der Waals surface area contributed by atoms with Gasteiger partial charge < -0.3 is 9.42 Å². The molecule has 0 bridgehead atoms. The zero-order valence-electron chi connectivity index (χ0n) is 14.8. The van der Waals surface area contributed by atoms with Crippen LogP contribution in [0.3, 0.4) is 0 Å². The summed E-state index contributed by atoms with van der Waals surface area (Å²) in [7, 11) is -1.36. The Bertz CT molecular complexity index is 703. The summed E-state index contributed by atoms with van der Waals surface area (Å²) in [5.41, 5.74) is 0. The van der Waals surface area contributed by atoms with E-state index in [0.29, 0.717) is 44.2 Å². The van der Waals surface area contributed by atoms with Gasteiger partial charge >= 0.3 is 0 Å². The number of piperidine rings is 1. The van der Waals surface area contributed by atoms with Gasteiger partial charge in [0.1, 0.15) is 0 Å². The van der Waals surface area contributed by atoms with Crippen molar-refractivity contribution < 1.29 is 17.7 Å². The van der Waals surface area contributed by atoms with Crippen LogP contribution in [0.2, 0.25) is 0 Å². The lowest BCUT2D eigenvalue weighted by Crippen LogP contribution is -2.37. The molecule has 0 unspecified atom stereocenters. The van der Waals surface area contributed by atoms with E-state index in [1.165, 1.54) is 10.6 Å². The molecule has 2 aliphatic rings. The Morgan fingerprint density at radius 2 is 1.88 bits per heavy atom. The first-order valence-corrected chi connectivity index (χ1v) is 10.7. The molecule has 1 saturated heterocycles. The molecule has 1 aromatic rings. The highest BCUT2D eigenvalue weighted by Gasteiger charge is 2.29. The first kappa shape index (κ1) is 18.3. The van der Waals surface area contributed by atoms with Gasteiger partial charge in [-0.25, -0.2) is 12.7 Å². The number of rotatable bonds is 5. The molecule has 0 radical (unpaired) electrons. The summed E-state index contributed by atoms with van der Waals surface area (Å²) >= 11 is 0. The molecule has 1 amide bonds. The fourth-order valence-electron chi connectivity index (χ4n) is 3.71. The van der Waals surface area contributed by atoms with Crippen LogP contribution in [-0.2, 0) is 21.4 Å². The molecule has 1 saturated carbocycles. The molecule has 9 heteroatoms. The first-order chi connectivity index (χ1) is 11.8. The Morgan fingerprint density at radius 3 is 2.48 bits per heavy atom. The van der Waals surface area contributed by atoms with Crippen molar-refractivity contribution in [1.29, 1.82) is 0 Å². The molecular formula is C16H26N4O4S. The summed E-state index contributed by atoms with van der Waals surface area (Å²) in [5, 5.41) is 4.04. The predicted octanol–water partition coefficient (Wildman–Crippen LogP) is 1.36. The van der Waals surface area contributed by atoms with Gasteiger partial charge in [0.15, 0.2) is 5.82 Å². The van der Waals surface area contributed by atoms with Crippen LogP contribution in [0.4, 0.5) is 0 Å². The van der Waals surface area contributed by atoms with Gasteiger partial charge in [-0.05, 0) is 25.7 Å². The molecule has 2 fully saturated rings. The van der Waals surface area contributed by atoms with Crippen molar-refractivity contribution in [3.63, 3.8) is 0 Å². The molecule has 0 aromatic carbocycles. The topological polar surface area (TPSA) is 96.6 Å². The van der Waals surface area contributed by atoms with Gasteiger partial charge in [0.25, 0.3) is 0 Å². The maximum Gasteiger partial charge on any atom is 0.246 e. The maximum absolute atomic E-state index is 12.4. The maximum atomic E-state index is 12.4. The molecule has 2 heterocycles. The van der Waals surface area contributed by atoms with Crippen molar-refractivity contribution in [1.82, 2.24) is 19.3 Å². The van der Waals surface area contributed by atoms with Crippen LogP contribution in [0.1, 0.15) is 56.2 Å². The third-order valence-corrected chi connectivity index (χ3v) is 6.53. The van der Waals surface area contributed by atoms with Crippen molar-refractivity contribution in [3.05, 3.63) is 11.7 Å². The molecule has 1 aromatic heterocycles. The lowest BCUT2D eigenvalue weighted by molar-refractivity contribution is -0.134. The standard InChI is InChI=1S/C16H26N4O4S/c1-19(16(21)13-5-3-4-6-13)11-14-17-15(18-24-14)12-7-9-20(10-8-12)25(2,22)23/h12-13H,3-11H2,1-2H3. The Kier molecular flexibility index (Phi) is 5.43. The number of nitrogens with zero attached hydrogens (tertiary/aromatic N) is 4. The second-order valence-corrected chi connectivity index (χ2v) is 9.14. The monoisotopic (exact) mass is 370 g/mol. The van der Waals surface area contributed by atoms with Gasteiger partial charge in [0.05, 0.1) is 12.8 Å². The van der Waals surface area contributed by atoms with Crippen molar-refractivity contribution in [3.8, 4) is 0 Å². The highest BCUT2D eigenvalue weighted by atomic mass is 32.2. The van der Waals surface area contributed by atoms with E-state index in [-0.39, 0.29) is 17.7 Å². The van der Waals surface area contributed by atoms with E-state index in [4.69, 9.17) is 4.52 Å². The van der Waals surface area contributed by atoms with E-state index in [9.17, 15) is 13.2 Å². The van der Waals surface area contributed by atoms with Crippen LogP contribution in [0, 0.1) is 5.92 Å². The summed E-state index contributed by atoms with van der Waals surface area (Å²) in [6.45, 7) is 1.28. The molecule has 1 aliphatic heterocycles. The van der Waals surface area contributed by atoms with Gasteiger partial charge in [-0.1, -0.05) is 18.0 Å². The summed E-state index contributed by atoms with van der Waals surface area (Å²) < 4.78 is 29.9. The molecule has 8 nitrogen and oxygen atoms in total. The van der Waals surface area contributed by atoms with Gasteiger partial charge in [0, 0.05) is 32.0 Å². The van der Waals surface area contributed by atoms with E-state index in [2.05, 4.69) is 10.1 Å². The summed E-state index contributed by atoms with van der Waals surface area (Å²) in [6.07, 6.45) is 6.79. The second-order valence-electron chi connectivity index (χ2n) is 7.16. The van der Waals surface area contributed by atoms with Crippen LogP contribution in [0.15, 0.2) is 4.52 Å². The van der Waals surface area contributed by atoms with E-state index in [0.717, 1.165) is 25.7 Å². The fraction of sp³-hybridized carbons (Fsp3) is 0.812. The molecule has 0 spiro atoms. The Balaban J connectivity index is 1.55. The van der Waals surface area contributed by atoms with Gasteiger partial charge in [-0.2, -0.15) is 4.98 Å². The van der Waals surface area contributed by atoms with Crippen LogP contribution in [-0.4, -0.2) is 60.1 Å². The molecule has 0 N–H and O–H groups in total. The highest BCUT2D eigenvalue weighted by molar-refractivity contribution is 7.88. The average Bonchev–Trinajstić information content (AvgIpc) is 3.25. The van der Waals surface area contributed by atoms with E-state index in [1.807, 2.05) is 0 Å². The Morgan fingerprint density at radius 1 is 1.24 bits per heavy atom. The zero-order chi connectivity index (χ0) is 18.0. The minimum atomic E-state index is -3.14. The van der Waals surface area contributed by atoms with E-state index < -0.39 is 10.0 Å². The highest BCUT2D eigenvalue weighted by Crippen LogP contribution is 2.28. The fourth-order valence-corrected chi connectivity index (χ4v) is 4.58. The van der Waals surface area contributed by atoms with Crippen LogP contribution >= 0.6 is 0 Å². The average molecular weight is 370 g/mol. The number of sulfonamides is 1. The van der Waals surface area contributed by atoms with Crippen LogP contribution < -0.4 is 0 Å². The van der Waals surface area contributed by atoms with Gasteiger partial charge in [-0.15, -0.1) is 0 Å². The van der Waals surface area contributed by atoms with Crippen LogP contribution in [0.5, 0.6) is 0 Å². The van der Waals surface area contributed by atoms with E-state index in [1.54, 1.807) is 11.9 Å². The third kappa shape index (κ3) is 4.38. The lowest BCUT2D eigenvalue weighted by Gasteiger charge is -2.28. The number of amides is 1. The summed E-state index contributed by atoms with van der Waals surface area (Å²) in [6, 6.07) is 0. The number of hydrogen-bond donors (Lipinski definition) is 0. The van der Waals surface area contributed by atoms with Gasteiger partial charge in [0.2, 0.25) is 21.8 Å². The minimum Gasteiger partial charge on any atom is -0.337 e. The Labute approximate surface area is 148 Å². The Hall–Kier alpha value is -1.48. The van der Waals surface area contributed by atoms with Gasteiger partial charge in [-0.3, -0.25) is 4.79 Å². The third-order valence-electron chi connectivity index (χ3n) is 5.22. The SMILES string of the molecule is CN(Cc1nc(C2CCN(S(C)(=O)=O)CC2)no1)C(=O)C1CCCC1. The molecule has 1 aliphatic carbocycles. The largest absolute Gasteiger partial charge is 0.337 e. The van der Waals surface area contributed by atoms with Crippen molar-refractivity contribution in [2.75, 3.05) is 26.4 Å². The lowest BCUT2D eigenvalue weighted by atomic mass is 9.98. The molecular weight excluding hydrogens is 344 g/mol. The number of carbonyl (C=O) groups is 1. The van der Waals surface area contributed by atoms with Crippen LogP contribution in [0.25, 0.3) is 0 Å². The zero-order valence-corrected chi connectivity index (χ0v) is 15.7. The first-order valence-electron chi connectivity index (χ1n) is 8.87. The van der Waals surface area contributed by atoms with Crippen molar-refractivity contribution in [2.45, 2.75) is 51.0 Å². The normalized spacial score (nSPS) is 20.9. The number of carbonyl (C=O) groups excluding carboxylic acids is 1. The van der Waals surface area contributed by atoms with Crippen molar-refractivity contribution >= 4 is 15.9 Å². The molecule has 3 rings (SSSR count). The minimum absolute atomic E-state index is 0.103. The van der Waals surface area contributed by atoms with Crippen molar-refractivity contribution in [2.24, 2.45) is 5.92 Å². The smallest absolute Gasteiger partial charge is 0.246 e. The molecule has 0 atom stereocenters. The molecule has 25 heavy (non-hydrogen) atoms. The number of aromatic nitrogens is 2. The second kappa shape index (κ2) is 7.41. The number of hydrogen-bond acceptors (Lipinski definition) is 6.